The van der Waals surface area contributed by atoms with Gasteiger partial charge in [-0.2, -0.15) is 0 Å². The Kier molecular flexibility index (Phi) is 4.61. The normalized spacial score (nSPS) is 13.9. The molecule has 1 heterocycles. The Morgan fingerprint density at radius 2 is 1.96 bits per heavy atom. The molecule has 3 aromatic carbocycles. The summed E-state index contributed by atoms with van der Waals surface area (Å²) in [4.78, 5) is 12.5. The van der Waals surface area contributed by atoms with E-state index < -0.39 is 0 Å². The zero-order valence-corrected chi connectivity index (χ0v) is 15.0. The van der Waals surface area contributed by atoms with Gasteiger partial charge < -0.3 is 10.1 Å². The van der Waals surface area contributed by atoms with Gasteiger partial charge in [0.15, 0.2) is 0 Å². The first-order valence-corrected chi connectivity index (χ1v) is 9.19. The van der Waals surface area contributed by atoms with Crippen LogP contribution < -0.4 is 10.1 Å². The predicted octanol–water partition coefficient (Wildman–Crippen LogP) is 4.06. The molecule has 0 aromatic heterocycles. The minimum absolute atomic E-state index is 0.0679. The molecule has 26 heavy (non-hydrogen) atoms. The number of ether oxygens (including phenoxy) is 1. The van der Waals surface area contributed by atoms with E-state index in [1.807, 2.05) is 30.3 Å². The highest BCUT2D eigenvalue weighted by Gasteiger charge is 2.14. The van der Waals surface area contributed by atoms with Crippen LogP contribution >= 0.6 is 0 Å². The van der Waals surface area contributed by atoms with Gasteiger partial charge in [-0.05, 0) is 46.9 Å². The highest BCUT2D eigenvalue weighted by molar-refractivity contribution is 5.90. The molecular formula is C23H23NO2. The molecule has 1 N–H and O–H groups in total. The highest BCUT2D eigenvalue weighted by atomic mass is 16.5. The van der Waals surface area contributed by atoms with Crippen molar-refractivity contribution in [2.24, 2.45) is 0 Å². The smallest absolute Gasteiger partial charge is 0.224 e. The van der Waals surface area contributed by atoms with Gasteiger partial charge in [-0.15, -0.1) is 0 Å². The van der Waals surface area contributed by atoms with E-state index in [2.05, 4.69) is 42.6 Å². The average molecular weight is 345 g/mol. The van der Waals surface area contributed by atoms with Crippen LogP contribution in [0.25, 0.3) is 10.8 Å². The third-order valence-corrected chi connectivity index (χ3v) is 4.93. The van der Waals surface area contributed by atoms with Crippen molar-refractivity contribution in [2.75, 3.05) is 6.61 Å². The highest BCUT2D eigenvalue weighted by Crippen LogP contribution is 2.26. The van der Waals surface area contributed by atoms with Crippen LogP contribution in [-0.4, -0.2) is 18.6 Å². The molecule has 3 aromatic rings. The van der Waals surface area contributed by atoms with Gasteiger partial charge in [-0.25, -0.2) is 0 Å². The molecule has 0 aliphatic carbocycles. The lowest BCUT2D eigenvalue weighted by molar-refractivity contribution is -0.121. The zero-order valence-electron chi connectivity index (χ0n) is 15.0. The summed E-state index contributed by atoms with van der Waals surface area (Å²) in [5, 5.41) is 5.46. The fourth-order valence-electron chi connectivity index (χ4n) is 3.72. The number of rotatable bonds is 5. The fraction of sp³-hybridized carbons (Fsp3) is 0.261. The van der Waals surface area contributed by atoms with E-state index in [9.17, 15) is 4.79 Å². The first-order valence-electron chi connectivity index (χ1n) is 9.19. The molecule has 1 aliphatic heterocycles. The van der Waals surface area contributed by atoms with Crippen LogP contribution in [0.15, 0.2) is 60.7 Å². The van der Waals surface area contributed by atoms with Crippen LogP contribution in [0.5, 0.6) is 5.75 Å². The number of nitrogens with one attached hydrogen (secondary N) is 1. The molecule has 0 bridgehead atoms. The van der Waals surface area contributed by atoms with Crippen molar-refractivity contribution < 1.29 is 9.53 Å². The molecule has 3 heteroatoms. The maximum Gasteiger partial charge on any atom is 0.224 e. The quantitative estimate of drug-likeness (QED) is 0.757. The van der Waals surface area contributed by atoms with Crippen LogP contribution in [0.3, 0.4) is 0 Å². The molecule has 0 saturated carbocycles. The largest absolute Gasteiger partial charge is 0.493 e. The Bertz CT molecular complexity index is 943. The summed E-state index contributed by atoms with van der Waals surface area (Å²) in [7, 11) is 0. The summed E-state index contributed by atoms with van der Waals surface area (Å²) in [5.41, 5.74) is 3.59. The van der Waals surface area contributed by atoms with Gasteiger partial charge >= 0.3 is 0 Å². The second-order valence-corrected chi connectivity index (χ2v) is 7.03. The first-order chi connectivity index (χ1) is 12.7. The molecule has 4 rings (SSSR count). The maximum atomic E-state index is 12.5. The summed E-state index contributed by atoms with van der Waals surface area (Å²) in [6, 6.07) is 20.8. The van der Waals surface area contributed by atoms with Crippen LogP contribution in [0.2, 0.25) is 0 Å². The van der Waals surface area contributed by atoms with Crippen LogP contribution in [0.4, 0.5) is 0 Å². The molecule has 0 saturated heterocycles. The van der Waals surface area contributed by atoms with Crippen LogP contribution in [0, 0.1) is 0 Å². The first kappa shape index (κ1) is 16.6. The van der Waals surface area contributed by atoms with Gasteiger partial charge in [0.1, 0.15) is 5.75 Å². The number of benzene rings is 3. The van der Waals surface area contributed by atoms with Gasteiger partial charge in [-0.3, -0.25) is 4.79 Å². The van der Waals surface area contributed by atoms with Crippen molar-refractivity contribution in [3.05, 3.63) is 77.4 Å². The van der Waals surface area contributed by atoms with Crippen molar-refractivity contribution in [1.82, 2.24) is 5.32 Å². The Morgan fingerprint density at radius 3 is 2.88 bits per heavy atom. The lowest BCUT2D eigenvalue weighted by Gasteiger charge is -2.15. The molecule has 3 nitrogen and oxygen atoms in total. The van der Waals surface area contributed by atoms with E-state index in [1.54, 1.807) is 0 Å². The Hall–Kier alpha value is -2.81. The minimum Gasteiger partial charge on any atom is -0.493 e. The van der Waals surface area contributed by atoms with E-state index >= 15 is 0 Å². The maximum absolute atomic E-state index is 12.5. The number of carbonyl (C=O) groups excluding carboxylic acids is 1. The van der Waals surface area contributed by atoms with Crippen molar-refractivity contribution in [3.63, 3.8) is 0 Å². The van der Waals surface area contributed by atoms with Gasteiger partial charge in [0.05, 0.1) is 13.0 Å². The summed E-state index contributed by atoms with van der Waals surface area (Å²) < 4.78 is 5.55. The lowest BCUT2D eigenvalue weighted by Crippen LogP contribution is -2.35. The number of amides is 1. The van der Waals surface area contributed by atoms with Crippen molar-refractivity contribution >= 4 is 16.7 Å². The standard InChI is InChI=1S/C23H23NO2/c1-16(13-17-9-10-22-20(14-17)11-12-26-22)24-23(25)15-19-7-4-6-18-5-2-3-8-21(18)19/h2-10,14,16H,11-13,15H2,1H3,(H,24,25). The van der Waals surface area contributed by atoms with E-state index in [4.69, 9.17) is 4.74 Å². The van der Waals surface area contributed by atoms with Gasteiger partial charge in [0.25, 0.3) is 0 Å². The molecule has 0 spiro atoms. The molecule has 1 atom stereocenters. The number of hydrogen-bond donors (Lipinski definition) is 1. The zero-order chi connectivity index (χ0) is 17.9. The monoisotopic (exact) mass is 345 g/mol. The molecular weight excluding hydrogens is 322 g/mol. The molecule has 1 aliphatic rings. The number of hydrogen-bond acceptors (Lipinski definition) is 2. The van der Waals surface area contributed by atoms with Crippen LogP contribution in [-0.2, 0) is 24.1 Å². The summed E-state index contributed by atoms with van der Waals surface area (Å²) in [6.45, 7) is 2.83. The minimum atomic E-state index is 0.0679. The van der Waals surface area contributed by atoms with Gasteiger partial charge in [0.2, 0.25) is 5.91 Å². The summed E-state index contributed by atoms with van der Waals surface area (Å²) in [6.07, 6.45) is 2.21. The summed E-state index contributed by atoms with van der Waals surface area (Å²) in [5.74, 6) is 1.07. The van der Waals surface area contributed by atoms with E-state index in [0.717, 1.165) is 36.1 Å². The Morgan fingerprint density at radius 1 is 1.12 bits per heavy atom. The molecule has 1 amide bonds. The predicted molar refractivity (Wildman–Crippen MR) is 105 cm³/mol. The molecule has 132 valence electrons. The van der Waals surface area contributed by atoms with E-state index in [0.29, 0.717) is 6.42 Å². The van der Waals surface area contributed by atoms with Gasteiger partial charge in [0, 0.05) is 12.5 Å². The van der Waals surface area contributed by atoms with E-state index in [1.165, 1.54) is 16.5 Å². The van der Waals surface area contributed by atoms with Crippen molar-refractivity contribution in [2.45, 2.75) is 32.2 Å². The third kappa shape index (κ3) is 3.57. The third-order valence-electron chi connectivity index (χ3n) is 4.93. The average Bonchev–Trinajstić information content (AvgIpc) is 3.09. The van der Waals surface area contributed by atoms with Gasteiger partial charge in [-0.1, -0.05) is 54.6 Å². The Balaban J connectivity index is 1.39. The fourth-order valence-corrected chi connectivity index (χ4v) is 3.72. The second-order valence-electron chi connectivity index (χ2n) is 7.03. The number of fused-ring (bicyclic) bond motifs is 2. The van der Waals surface area contributed by atoms with Crippen molar-refractivity contribution in [1.29, 1.82) is 0 Å². The summed E-state index contributed by atoms with van der Waals surface area (Å²) >= 11 is 0. The SMILES string of the molecule is CC(Cc1ccc2c(c1)CCO2)NC(=O)Cc1cccc2ccccc12. The Labute approximate surface area is 154 Å². The topological polar surface area (TPSA) is 38.3 Å². The van der Waals surface area contributed by atoms with E-state index in [-0.39, 0.29) is 11.9 Å². The molecule has 1 unspecified atom stereocenters. The van der Waals surface area contributed by atoms with Crippen LogP contribution in [0.1, 0.15) is 23.6 Å². The number of carbonyl (C=O) groups is 1. The van der Waals surface area contributed by atoms with Crippen molar-refractivity contribution in [3.8, 4) is 5.75 Å². The second kappa shape index (κ2) is 7.20. The molecule has 0 radical (unpaired) electrons. The lowest BCUT2D eigenvalue weighted by atomic mass is 10.0. The molecule has 0 fully saturated rings.